The van der Waals surface area contributed by atoms with E-state index >= 15 is 0 Å². The van der Waals surface area contributed by atoms with Gasteiger partial charge in [-0.05, 0) is 61.9 Å². The van der Waals surface area contributed by atoms with Gasteiger partial charge in [-0.3, -0.25) is 4.79 Å². The maximum atomic E-state index is 13.6. The van der Waals surface area contributed by atoms with E-state index in [1.807, 2.05) is 6.92 Å². The number of hydrogen-bond donors (Lipinski definition) is 1. The monoisotopic (exact) mass is 542 g/mol. The Bertz CT molecular complexity index is 1190. The summed E-state index contributed by atoms with van der Waals surface area (Å²) in [7, 11) is -4.19. The molecule has 0 radical (unpaired) electrons. The van der Waals surface area contributed by atoms with E-state index in [0.29, 0.717) is 18.8 Å². The van der Waals surface area contributed by atoms with Crippen molar-refractivity contribution in [1.29, 1.82) is 0 Å². The van der Waals surface area contributed by atoms with Crippen molar-refractivity contribution >= 4 is 21.9 Å². The van der Waals surface area contributed by atoms with Gasteiger partial charge in [-0.1, -0.05) is 6.92 Å². The average molecular weight is 543 g/mol. The molecular formula is C24H29F3N4O5S. The average Bonchev–Trinajstić information content (AvgIpc) is 2.89. The first-order valence-corrected chi connectivity index (χ1v) is 13.5. The molecular weight excluding hydrogens is 513 g/mol. The molecule has 1 aromatic carbocycles. The summed E-state index contributed by atoms with van der Waals surface area (Å²) in [5.74, 6) is -0.676. The van der Waals surface area contributed by atoms with Gasteiger partial charge in [0.25, 0.3) is 0 Å². The first-order chi connectivity index (χ1) is 17.5. The second-order valence-electron chi connectivity index (χ2n) is 9.27. The predicted octanol–water partition coefficient (Wildman–Crippen LogP) is 3.35. The molecule has 1 aromatic heterocycles. The number of nitrogens with zero attached hydrogens (tertiary/aromatic N) is 4. The van der Waals surface area contributed by atoms with E-state index in [9.17, 15) is 31.5 Å². The van der Waals surface area contributed by atoms with Gasteiger partial charge in [-0.25, -0.2) is 22.7 Å². The highest BCUT2D eigenvalue weighted by atomic mass is 32.2. The SMILES string of the molecule is CCc1cnc(N2CCC(C(=O)O)(S(=O)(=O)N3CCC(Oc4ccc(C(F)(F)F)cc4)CC3)CC2)nc1. The second-order valence-corrected chi connectivity index (χ2v) is 11.5. The van der Waals surface area contributed by atoms with Gasteiger partial charge >= 0.3 is 12.1 Å². The molecule has 37 heavy (non-hydrogen) atoms. The van der Waals surface area contributed by atoms with Crippen LogP contribution in [0, 0.1) is 0 Å². The summed E-state index contributed by atoms with van der Waals surface area (Å²) < 4.78 is 70.4. The van der Waals surface area contributed by atoms with Gasteiger partial charge in [0.1, 0.15) is 11.9 Å². The maximum Gasteiger partial charge on any atom is 0.416 e. The minimum atomic E-state index is -4.44. The first-order valence-electron chi connectivity index (χ1n) is 12.1. The number of carboxylic acid groups (broad SMARTS) is 1. The van der Waals surface area contributed by atoms with E-state index in [-0.39, 0.29) is 44.8 Å². The van der Waals surface area contributed by atoms with Crippen molar-refractivity contribution in [3.63, 3.8) is 0 Å². The molecule has 0 atom stereocenters. The van der Waals surface area contributed by atoms with E-state index in [2.05, 4.69) is 9.97 Å². The van der Waals surface area contributed by atoms with Gasteiger partial charge in [-0.2, -0.15) is 13.2 Å². The highest BCUT2D eigenvalue weighted by Crippen LogP contribution is 2.36. The summed E-state index contributed by atoms with van der Waals surface area (Å²) >= 11 is 0. The van der Waals surface area contributed by atoms with Crippen LogP contribution < -0.4 is 9.64 Å². The van der Waals surface area contributed by atoms with Crippen molar-refractivity contribution < 1.29 is 36.2 Å². The number of hydrogen-bond acceptors (Lipinski definition) is 7. The summed E-state index contributed by atoms with van der Waals surface area (Å²) in [6.07, 6.45) is -0.275. The van der Waals surface area contributed by atoms with Crippen LogP contribution in [0.25, 0.3) is 0 Å². The van der Waals surface area contributed by atoms with Crippen LogP contribution in [-0.4, -0.2) is 70.8 Å². The van der Waals surface area contributed by atoms with Crippen molar-refractivity contribution in [3.05, 3.63) is 47.8 Å². The number of aliphatic carboxylic acids is 1. The fourth-order valence-corrected chi connectivity index (χ4v) is 6.80. The molecule has 2 saturated heterocycles. The van der Waals surface area contributed by atoms with Crippen molar-refractivity contribution in [2.45, 2.75) is 56.1 Å². The molecule has 9 nitrogen and oxygen atoms in total. The lowest BCUT2D eigenvalue weighted by Crippen LogP contribution is -2.60. The largest absolute Gasteiger partial charge is 0.490 e. The number of alkyl halides is 3. The van der Waals surface area contributed by atoms with Crippen LogP contribution in [0.1, 0.15) is 43.7 Å². The van der Waals surface area contributed by atoms with Gasteiger partial charge in [0.15, 0.2) is 4.75 Å². The third kappa shape index (κ3) is 5.52. The van der Waals surface area contributed by atoms with Crippen molar-refractivity contribution in [2.24, 2.45) is 0 Å². The third-order valence-electron chi connectivity index (χ3n) is 7.06. The lowest BCUT2D eigenvalue weighted by molar-refractivity contribution is -0.141. The zero-order chi connectivity index (χ0) is 26.8. The zero-order valence-corrected chi connectivity index (χ0v) is 21.1. The van der Waals surface area contributed by atoms with Gasteiger partial charge < -0.3 is 14.7 Å². The second kappa shape index (κ2) is 10.4. The Morgan fingerprint density at radius 3 is 2.14 bits per heavy atom. The number of anilines is 1. The zero-order valence-electron chi connectivity index (χ0n) is 20.3. The molecule has 0 aliphatic carbocycles. The molecule has 0 amide bonds. The molecule has 1 N–H and O–H groups in total. The fourth-order valence-electron chi connectivity index (χ4n) is 4.70. The molecule has 0 unspecified atom stereocenters. The number of carboxylic acids is 1. The van der Waals surface area contributed by atoms with Crippen molar-refractivity contribution in [3.8, 4) is 5.75 Å². The normalized spacial score (nSPS) is 19.5. The fraction of sp³-hybridized carbons (Fsp3) is 0.542. The Morgan fingerprint density at radius 2 is 1.65 bits per heavy atom. The number of carbonyl (C=O) groups is 1. The third-order valence-corrected chi connectivity index (χ3v) is 9.68. The number of rotatable bonds is 7. The van der Waals surface area contributed by atoms with E-state index in [1.165, 1.54) is 16.4 Å². The molecule has 3 heterocycles. The van der Waals surface area contributed by atoms with Crippen LogP contribution in [0.15, 0.2) is 36.7 Å². The number of piperidine rings is 2. The molecule has 202 valence electrons. The van der Waals surface area contributed by atoms with Crippen molar-refractivity contribution in [2.75, 3.05) is 31.1 Å². The van der Waals surface area contributed by atoms with E-state index < -0.39 is 38.6 Å². The smallest absolute Gasteiger partial charge is 0.416 e. The highest BCUT2D eigenvalue weighted by molar-refractivity contribution is 7.91. The lowest BCUT2D eigenvalue weighted by Gasteiger charge is -2.42. The van der Waals surface area contributed by atoms with Gasteiger partial charge in [-0.15, -0.1) is 0 Å². The molecule has 2 aliphatic heterocycles. The van der Waals surface area contributed by atoms with Crippen LogP contribution in [-0.2, 0) is 27.4 Å². The van der Waals surface area contributed by atoms with E-state index in [4.69, 9.17) is 4.74 Å². The van der Waals surface area contributed by atoms with Crippen LogP contribution in [0.4, 0.5) is 19.1 Å². The Labute approximate surface area is 213 Å². The van der Waals surface area contributed by atoms with Gasteiger partial charge in [0.05, 0.1) is 5.56 Å². The molecule has 0 bridgehead atoms. The molecule has 0 spiro atoms. The number of aromatic nitrogens is 2. The van der Waals surface area contributed by atoms with Crippen molar-refractivity contribution in [1.82, 2.24) is 14.3 Å². The maximum absolute atomic E-state index is 13.6. The summed E-state index contributed by atoms with van der Waals surface area (Å²) in [5.41, 5.74) is 0.184. The molecule has 2 fully saturated rings. The van der Waals surface area contributed by atoms with Crippen LogP contribution in [0.5, 0.6) is 5.75 Å². The Balaban J connectivity index is 1.39. The number of sulfonamides is 1. The number of ether oxygens (including phenoxy) is 1. The molecule has 4 rings (SSSR count). The lowest BCUT2D eigenvalue weighted by atomic mass is 9.96. The Morgan fingerprint density at radius 1 is 1.08 bits per heavy atom. The summed E-state index contributed by atoms with van der Waals surface area (Å²) in [6, 6.07) is 4.33. The number of aryl methyl sites for hydroxylation is 1. The van der Waals surface area contributed by atoms with E-state index in [0.717, 1.165) is 24.1 Å². The van der Waals surface area contributed by atoms with Crippen LogP contribution >= 0.6 is 0 Å². The summed E-state index contributed by atoms with van der Waals surface area (Å²) in [4.78, 5) is 22.8. The van der Waals surface area contributed by atoms with Crippen LogP contribution in [0.3, 0.4) is 0 Å². The molecule has 13 heteroatoms. The standard InChI is InChI=1S/C24H29F3N4O5S/c1-2-17-15-28-22(29-16-17)30-13-9-23(10-14-30,21(32)33)37(34,35)31-11-7-20(8-12-31)36-19-5-3-18(4-6-19)24(25,26)27/h3-6,15-16,20H,2,7-14H2,1H3,(H,32,33). The summed E-state index contributed by atoms with van der Waals surface area (Å²) in [5, 5.41) is 10.0. The van der Waals surface area contributed by atoms with E-state index in [1.54, 1.807) is 17.3 Å². The molecule has 0 saturated carbocycles. The predicted molar refractivity (Wildman–Crippen MR) is 129 cm³/mol. The Hall–Kier alpha value is -2.93. The van der Waals surface area contributed by atoms with Gasteiger partial charge in [0, 0.05) is 38.6 Å². The molecule has 2 aliphatic rings. The Kier molecular flexibility index (Phi) is 7.65. The highest BCUT2D eigenvalue weighted by Gasteiger charge is 2.55. The first kappa shape index (κ1) is 27.1. The minimum absolute atomic E-state index is 0.0635. The topological polar surface area (TPSA) is 113 Å². The van der Waals surface area contributed by atoms with Gasteiger partial charge in [0.2, 0.25) is 16.0 Å². The quantitative estimate of drug-likeness (QED) is 0.567. The number of halogens is 3. The van der Waals surface area contributed by atoms with Crippen LogP contribution in [0.2, 0.25) is 0 Å². The molecule has 2 aromatic rings. The number of benzene rings is 1. The summed E-state index contributed by atoms with van der Waals surface area (Å²) in [6.45, 7) is 2.48. The minimum Gasteiger partial charge on any atom is -0.490 e.